The van der Waals surface area contributed by atoms with Gasteiger partial charge in [0.1, 0.15) is 0 Å². The molecule has 0 aromatic carbocycles. The SMILES string of the molecule is C=C(C)[Si](OCCOC)(OCCOC)OCCOC. The van der Waals surface area contributed by atoms with Gasteiger partial charge in [-0.15, -0.1) is 0 Å². The Morgan fingerprint density at radius 2 is 1.05 bits per heavy atom. The van der Waals surface area contributed by atoms with E-state index < -0.39 is 8.80 Å². The van der Waals surface area contributed by atoms with Crippen molar-refractivity contribution in [3.63, 3.8) is 0 Å². The van der Waals surface area contributed by atoms with Crippen LogP contribution < -0.4 is 0 Å². The van der Waals surface area contributed by atoms with Crippen molar-refractivity contribution in [2.24, 2.45) is 0 Å². The summed E-state index contributed by atoms with van der Waals surface area (Å²) in [6, 6.07) is 0. The fraction of sp³-hybridized carbons (Fsp3) is 0.833. The Morgan fingerprint density at radius 3 is 1.26 bits per heavy atom. The molecule has 0 amide bonds. The Balaban J connectivity index is 4.53. The molecule has 0 saturated heterocycles. The smallest absolute Gasteiger partial charge is 0.382 e. The lowest BCUT2D eigenvalue weighted by Crippen LogP contribution is -2.49. The maximum absolute atomic E-state index is 5.78. The molecule has 0 radical (unpaired) electrons. The molecule has 0 aliphatic rings. The zero-order valence-electron chi connectivity index (χ0n) is 12.4. The monoisotopic (exact) mass is 294 g/mol. The summed E-state index contributed by atoms with van der Waals surface area (Å²) >= 11 is 0. The first kappa shape index (κ1) is 18.7. The van der Waals surface area contributed by atoms with Gasteiger partial charge in [0.25, 0.3) is 0 Å². The summed E-state index contributed by atoms with van der Waals surface area (Å²) in [7, 11) is 1.93. The predicted octanol–water partition coefficient (Wildman–Crippen LogP) is 1.03. The maximum Gasteiger partial charge on any atom is 0.532 e. The molecule has 0 saturated carbocycles. The van der Waals surface area contributed by atoms with Crippen LogP contribution in [0.1, 0.15) is 6.92 Å². The van der Waals surface area contributed by atoms with Crippen molar-refractivity contribution in [1.82, 2.24) is 0 Å². The molecule has 114 valence electrons. The number of allylic oxidation sites excluding steroid dienone is 1. The topological polar surface area (TPSA) is 55.4 Å². The largest absolute Gasteiger partial charge is 0.532 e. The summed E-state index contributed by atoms with van der Waals surface area (Å²) < 4.78 is 32.3. The Morgan fingerprint density at radius 1 is 0.737 bits per heavy atom. The van der Waals surface area contributed by atoms with Gasteiger partial charge in [0.05, 0.1) is 39.6 Å². The van der Waals surface area contributed by atoms with E-state index in [0.29, 0.717) is 39.6 Å². The van der Waals surface area contributed by atoms with E-state index in [2.05, 4.69) is 6.58 Å². The van der Waals surface area contributed by atoms with E-state index in [-0.39, 0.29) is 0 Å². The second-order valence-corrected chi connectivity index (χ2v) is 6.69. The minimum absolute atomic E-state index is 0.398. The molecule has 6 nitrogen and oxygen atoms in total. The minimum Gasteiger partial charge on any atom is -0.382 e. The van der Waals surface area contributed by atoms with E-state index >= 15 is 0 Å². The van der Waals surface area contributed by atoms with Crippen LogP contribution in [0.4, 0.5) is 0 Å². The van der Waals surface area contributed by atoms with Gasteiger partial charge < -0.3 is 27.5 Å². The highest BCUT2D eigenvalue weighted by Crippen LogP contribution is 2.18. The Hall–Kier alpha value is -0.283. The van der Waals surface area contributed by atoms with E-state index in [0.717, 1.165) is 5.20 Å². The fourth-order valence-electron chi connectivity index (χ4n) is 1.27. The number of hydrogen-bond acceptors (Lipinski definition) is 6. The molecule has 0 aliphatic heterocycles. The fourth-order valence-corrected chi connectivity index (χ4v) is 3.32. The van der Waals surface area contributed by atoms with Crippen LogP contribution in [0.2, 0.25) is 0 Å². The lowest BCUT2D eigenvalue weighted by molar-refractivity contribution is 0.0210. The second kappa shape index (κ2) is 11.5. The second-order valence-electron chi connectivity index (χ2n) is 3.86. The predicted molar refractivity (Wildman–Crippen MR) is 74.1 cm³/mol. The van der Waals surface area contributed by atoms with Crippen molar-refractivity contribution in [2.45, 2.75) is 6.92 Å². The van der Waals surface area contributed by atoms with Crippen LogP contribution in [-0.4, -0.2) is 69.8 Å². The highest BCUT2D eigenvalue weighted by Gasteiger charge is 2.42. The van der Waals surface area contributed by atoms with Crippen molar-refractivity contribution < 1.29 is 27.5 Å². The lowest BCUT2D eigenvalue weighted by atomic mass is 10.8. The van der Waals surface area contributed by atoms with Crippen molar-refractivity contribution in [2.75, 3.05) is 61.0 Å². The average molecular weight is 294 g/mol. The van der Waals surface area contributed by atoms with Crippen LogP contribution in [0.15, 0.2) is 11.8 Å². The lowest BCUT2D eigenvalue weighted by Gasteiger charge is -2.29. The molecule has 0 N–H and O–H groups in total. The molecule has 0 rings (SSSR count). The van der Waals surface area contributed by atoms with Crippen LogP contribution in [0.5, 0.6) is 0 Å². The van der Waals surface area contributed by atoms with Crippen LogP contribution in [0, 0.1) is 0 Å². The number of methoxy groups -OCH3 is 3. The number of ether oxygens (including phenoxy) is 3. The summed E-state index contributed by atoms with van der Waals surface area (Å²) in [6.07, 6.45) is 0. The summed E-state index contributed by atoms with van der Waals surface area (Å²) in [4.78, 5) is 0. The molecule has 0 aromatic rings. The molecular formula is C12H26O6Si. The van der Waals surface area contributed by atoms with Gasteiger partial charge >= 0.3 is 8.80 Å². The molecule has 7 heteroatoms. The van der Waals surface area contributed by atoms with Gasteiger partial charge in [-0.25, -0.2) is 0 Å². The van der Waals surface area contributed by atoms with Gasteiger partial charge in [-0.1, -0.05) is 6.58 Å². The summed E-state index contributed by atoms with van der Waals surface area (Å²) in [6.45, 7) is 8.40. The molecular weight excluding hydrogens is 268 g/mol. The first-order chi connectivity index (χ1) is 9.13. The summed E-state index contributed by atoms with van der Waals surface area (Å²) in [5.74, 6) is 0. The maximum atomic E-state index is 5.78. The summed E-state index contributed by atoms with van der Waals surface area (Å²) in [5.41, 5.74) is 0. The molecule has 0 spiro atoms. The third-order valence-electron chi connectivity index (χ3n) is 2.26. The Labute approximate surface area is 116 Å². The Bertz CT molecular complexity index is 210. The summed E-state index contributed by atoms with van der Waals surface area (Å²) in [5, 5.41) is 0.760. The van der Waals surface area contributed by atoms with Crippen LogP contribution in [-0.2, 0) is 27.5 Å². The van der Waals surface area contributed by atoms with Crippen LogP contribution >= 0.6 is 0 Å². The average Bonchev–Trinajstić information content (AvgIpc) is 2.38. The highest BCUT2D eigenvalue weighted by molar-refractivity contribution is 6.68. The van der Waals surface area contributed by atoms with Gasteiger partial charge in [0.2, 0.25) is 0 Å². The van der Waals surface area contributed by atoms with E-state index in [1.165, 1.54) is 0 Å². The third kappa shape index (κ3) is 7.78. The first-order valence-electron chi connectivity index (χ1n) is 6.17. The normalized spacial score (nSPS) is 11.8. The molecule has 0 fully saturated rings. The number of hydrogen-bond donors (Lipinski definition) is 0. The van der Waals surface area contributed by atoms with E-state index in [1.807, 2.05) is 6.92 Å². The van der Waals surface area contributed by atoms with Gasteiger partial charge in [-0.3, -0.25) is 0 Å². The van der Waals surface area contributed by atoms with Gasteiger partial charge in [0, 0.05) is 21.3 Å². The minimum atomic E-state index is -2.92. The first-order valence-corrected chi connectivity index (χ1v) is 7.90. The molecule has 0 bridgehead atoms. The molecule has 0 atom stereocenters. The highest BCUT2D eigenvalue weighted by atomic mass is 28.4. The molecule has 0 aliphatic carbocycles. The van der Waals surface area contributed by atoms with Crippen LogP contribution in [0.25, 0.3) is 0 Å². The van der Waals surface area contributed by atoms with E-state index in [1.54, 1.807) is 21.3 Å². The van der Waals surface area contributed by atoms with Gasteiger partial charge in [0.15, 0.2) is 0 Å². The Kier molecular flexibility index (Phi) is 11.4. The van der Waals surface area contributed by atoms with Crippen LogP contribution in [0.3, 0.4) is 0 Å². The quantitative estimate of drug-likeness (QED) is 0.373. The molecule has 0 heterocycles. The zero-order chi connectivity index (χ0) is 14.6. The van der Waals surface area contributed by atoms with E-state index in [9.17, 15) is 0 Å². The van der Waals surface area contributed by atoms with E-state index in [4.69, 9.17) is 27.5 Å². The standard InChI is InChI=1S/C12H26O6Si/c1-12(2)19(16-9-6-13-3,17-10-7-14-4)18-11-8-15-5/h1,6-11H2,2-5H3. The third-order valence-corrected chi connectivity index (χ3v) is 5.06. The van der Waals surface area contributed by atoms with Crippen molar-refractivity contribution >= 4 is 8.80 Å². The van der Waals surface area contributed by atoms with Gasteiger partial charge in [-0.2, -0.15) is 0 Å². The zero-order valence-corrected chi connectivity index (χ0v) is 13.4. The number of rotatable bonds is 13. The molecule has 0 unspecified atom stereocenters. The van der Waals surface area contributed by atoms with Crippen molar-refractivity contribution in [1.29, 1.82) is 0 Å². The van der Waals surface area contributed by atoms with Crippen molar-refractivity contribution in [3.05, 3.63) is 11.8 Å². The molecule has 0 aromatic heterocycles. The van der Waals surface area contributed by atoms with Gasteiger partial charge in [-0.05, 0) is 12.1 Å². The molecule has 19 heavy (non-hydrogen) atoms. The van der Waals surface area contributed by atoms with Crippen molar-refractivity contribution in [3.8, 4) is 0 Å².